The maximum absolute atomic E-state index is 14.0. The van der Waals surface area contributed by atoms with E-state index in [1.54, 1.807) is 17.0 Å². The van der Waals surface area contributed by atoms with Crippen LogP contribution in [0.4, 0.5) is 14.9 Å². The lowest BCUT2D eigenvalue weighted by Gasteiger charge is -2.33. The number of nitrogens with zero attached hydrogens (tertiary/aromatic N) is 2. The summed E-state index contributed by atoms with van der Waals surface area (Å²) in [6.45, 7) is 3.96. The number of likely N-dealkylation sites (tertiary alicyclic amines) is 1. The second-order valence-electron chi connectivity index (χ2n) is 8.32. The van der Waals surface area contributed by atoms with Gasteiger partial charge in [-0.15, -0.1) is 0 Å². The highest BCUT2D eigenvalue weighted by molar-refractivity contribution is 5.75. The van der Waals surface area contributed by atoms with Gasteiger partial charge in [-0.2, -0.15) is 0 Å². The minimum atomic E-state index is -0.458. The highest BCUT2D eigenvalue weighted by Crippen LogP contribution is 2.30. The highest BCUT2D eigenvalue weighted by Gasteiger charge is 2.40. The normalized spacial score (nSPS) is 30.6. The van der Waals surface area contributed by atoms with E-state index in [1.165, 1.54) is 6.07 Å². The molecule has 0 aliphatic carbocycles. The van der Waals surface area contributed by atoms with Crippen molar-refractivity contribution in [1.29, 1.82) is 0 Å². The number of urea groups is 1. The first-order chi connectivity index (χ1) is 13.6. The summed E-state index contributed by atoms with van der Waals surface area (Å²) in [4.78, 5) is 16.6. The summed E-state index contributed by atoms with van der Waals surface area (Å²) >= 11 is 0. The number of para-hydroxylation sites is 1. The number of β-amino-alcohol motifs (C(OH)–C–C–N with tert-alkyl or cyclic N) is 1. The third-order valence-electron chi connectivity index (χ3n) is 6.34. The fraction of sp³-hybridized carbons (Fsp3) is 0.667. The molecule has 154 valence electrons. The Morgan fingerprint density at radius 2 is 2.14 bits per heavy atom. The van der Waals surface area contributed by atoms with Crippen molar-refractivity contribution in [2.75, 3.05) is 44.3 Å². The van der Waals surface area contributed by atoms with Crippen LogP contribution in [-0.4, -0.2) is 67.6 Å². The molecule has 2 N–H and O–H groups in total. The van der Waals surface area contributed by atoms with E-state index in [0.717, 1.165) is 39.0 Å². The number of halogens is 1. The summed E-state index contributed by atoms with van der Waals surface area (Å²) in [7, 11) is 0. The predicted octanol–water partition coefficient (Wildman–Crippen LogP) is 2.22. The lowest BCUT2D eigenvalue weighted by atomic mass is 9.92. The number of carbonyl (C=O) groups excluding carboxylic acids is 1. The van der Waals surface area contributed by atoms with Crippen molar-refractivity contribution >= 4 is 11.7 Å². The molecule has 2 amide bonds. The molecule has 3 aliphatic heterocycles. The third kappa shape index (κ3) is 4.25. The largest absolute Gasteiger partial charge is 0.391 e. The van der Waals surface area contributed by atoms with E-state index < -0.39 is 6.10 Å². The van der Waals surface area contributed by atoms with Crippen molar-refractivity contribution in [2.45, 2.75) is 37.8 Å². The van der Waals surface area contributed by atoms with Crippen molar-refractivity contribution < 1.29 is 19.0 Å². The molecule has 0 radical (unpaired) electrons. The summed E-state index contributed by atoms with van der Waals surface area (Å²) in [5, 5.41) is 13.2. The number of aliphatic hydroxyl groups excluding tert-OH is 1. The second-order valence-corrected chi connectivity index (χ2v) is 8.32. The lowest BCUT2D eigenvalue weighted by Crippen LogP contribution is -2.48. The van der Waals surface area contributed by atoms with Crippen molar-refractivity contribution in [2.24, 2.45) is 11.8 Å². The summed E-state index contributed by atoms with van der Waals surface area (Å²) in [6.07, 6.45) is 3.16. The van der Waals surface area contributed by atoms with Gasteiger partial charge >= 0.3 is 6.03 Å². The summed E-state index contributed by atoms with van der Waals surface area (Å²) < 4.78 is 19.6. The average Bonchev–Trinajstić information content (AvgIpc) is 3.34. The van der Waals surface area contributed by atoms with Crippen LogP contribution >= 0.6 is 0 Å². The molecule has 0 saturated carbocycles. The molecule has 0 aromatic heterocycles. The molecule has 3 fully saturated rings. The first kappa shape index (κ1) is 19.5. The highest BCUT2D eigenvalue weighted by atomic mass is 19.1. The van der Waals surface area contributed by atoms with E-state index in [0.29, 0.717) is 43.6 Å². The minimum Gasteiger partial charge on any atom is -0.391 e. The van der Waals surface area contributed by atoms with Gasteiger partial charge in [-0.05, 0) is 43.7 Å². The summed E-state index contributed by atoms with van der Waals surface area (Å²) in [6, 6.07) is 6.79. The van der Waals surface area contributed by atoms with Gasteiger partial charge in [0.15, 0.2) is 0 Å². The number of amides is 2. The Bertz CT molecular complexity index is 683. The van der Waals surface area contributed by atoms with Crippen LogP contribution in [0.25, 0.3) is 0 Å². The van der Waals surface area contributed by atoms with Gasteiger partial charge in [-0.25, -0.2) is 9.18 Å². The topological polar surface area (TPSA) is 65.0 Å². The molecule has 4 atom stereocenters. The Labute approximate surface area is 165 Å². The number of rotatable bonds is 4. The fourth-order valence-electron chi connectivity index (χ4n) is 4.85. The first-order valence-corrected chi connectivity index (χ1v) is 10.4. The Kier molecular flexibility index (Phi) is 6.01. The van der Waals surface area contributed by atoms with E-state index in [2.05, 4.69) is 5.32 Å². The zero-order valence-electron chi connectivity index (χ0n) is 16.2. The molecule has 1 aromatic rings. The Balaban J connectivity index is 1.30. The van der Waals surface area contributed by atoms with Gasteiger partial charge in [0.1, 0.15) is 5.82 Å². The van der Waals surface area contributed by atoms with Gasteiger partial charge in [0.25, 0.3) is 0 Å². The molecule has 7 heteroatoms. The van der Waals surface area contributed by atoms with Gasteiger partial charge in [0, 0.05) is 44.7 Å². The molecular weight excluding hydrogens is 361 g/mol. The molecule has 0 bridgehead atoms. The maximum Gasteiger partial charge on any atom is 0.317 e. The van der Waals surface area contributed by atoms with Crippen LogP contribution in [0.3, 0.4) is 0 Å². The standard InChI is InChI=1S/C21H30FN3O3/c22-18-5-1-2-6-19(18)24-8-7-15(12-24)11-23-21(27)25-13-17(26)10-20(25)16-4-3-9-28-14-16/h1-2,5-6,15-17,20,26H,3-4,7-14H2,(H,23,27). The van der Waals surface area contributed by atoms with Crippen LogP contribution in [0, 0.1) is 17.7 Å². The molecule has 6 nitrogen and oxygen atoms in total. The Hall–Kier alpha value is -1.86. The number of hydrogen-bond donors (Lipinski definition) is 2. The summed E-state index contributed by atoms with van der Waals surface area (Å²) in [5.41, 5.74) is 0.636. The van der Waals surface area contributed by atoms with Gasteiger partial charge < -0.3 is 25.0 Å². The van der Waals surface area contributed by atoms with Crippen LogP contribution in [0.1, 0.15) is 25.7 Å². The number of anilines is 1. The van der Waals surface area contributed by atoms with E-state index in [1.807, 2.05) is 11.0 Å². The summed E-state index contributed by atoms with van der Waals surface area (Å²) in [5.74, 6) is 0.406. The first-order valence-electron chi connectivity index (χ1n) is 10.4. The smallest absolute Gasteiger partial charge is 0.317 e. The Morgan fingerprint density at radius 3 is 2.93 bits per heavy atom. The molecule has 4 rings (SSSR count). The predicted molar refractivity (Wildman–Crippen MR) is 105 cm³/mol. The number of nitrogens with one attached hydrogen (secondary N) is 1. The molecule has 3 aliphatic rings. The van der Waals surface area contributed by atoms with E-state index in [4.69, 9.17) is 4.74 Å². The van der Waals surface area contributed by atoms with Crippen LogP contribution in [0.15, 0.2) is 24.3 Å². The minimum absolute atomic E-state index is 0.0498. The zero-order valence-corrected chi connectivity index (χ0v) is 16.2. The maximum atomic E-state index is 14.0. The SMILES string of the molecule is O=C(NCC1CCN(c2ccccc2F)C1)N1CC(O)CC1C1CCCOC1. The Morgan fingerprint density at radius 1 is 1.29 bits per heavy atom. The van der Waals surface area contributed by atoms with Gasteiger partial charge in [-0.1, -0.05) is 12.1 Å². The number of aliphatic hydroxyl groups is 1. The quantitative estimate of drug-likeness (QED) is 0.826. The van der Waals surface area contributed by atoms with Crippen molar-refractivity contribution in [3.05, 3.63) is 30.1 Å². The van der Waals surface area contributed by atoms with Crippen molar-refractivity contribution in [3.63, 3.8) is 0 Å². The van der Waals surface area contributed by atoms with E-state index in [-0.39, 0.29) is 17.9 Å². The second kappa shape index (κ2) is 8.66. The van der Waals surface area contributed by atoms with Crippen molar-refractivity contribution in [3.8, 4) is 0 Å². The number of hydrogen-bond acceptors (Lipinski definition) is 4. The van der Waals surface area contributed by atoms with Gasteiger partial charge in [-0.3, -0.25) is 0 Å². The molecule has 3 saturated heterocycles. The van der Waals surface area contributed by atoms with Crippen LogP contribution in [0.2, 0.25) is 0 Å². The van der Waals surface area contributed by atoms with Crippen LogP contribution in [-0.2, 0) is 4.74 Å². The van der Waals surface area contributed by atoms with Crippen molar-refractivity contribution in [1.82, 2.24) is 10.2 Å². The van der Waals surface area contributed by atoms with E-state index >= 15 is 0 Å². The monoisotopic (exact) mass is 391 g/mol. The van der Waals surface area contributed by atoms with Crippen LogP contribution in [0.5, 0.6) is 0 Å². The molecule has 1 aromatic carbocycles. The number of ether oxygens (including phenoxy) is 1. The van der Waals surface area contributed by atoms with Crippen LogP contribution < -0.4 is 10.2 Å². The van der Waals surface area contributed by atoms with E-state index in [9.17, 15) is 14.3 Å². The molecule has 3 heterocycles. The molecule has 0 spiro atoms. The van der Waals surface area contributed by atoms with Gasteiger partial charge in [0.05, 0.1) is 18.4 Å². The molecular formula is C21H30FN3O3. The third-order valence-corrected chi connectivity index (χ3v) is 6.34. The molecule has 4 unspecified atom stereocenters. The lowest BCUT2D eigenvalue weighted by molar-refractivity contribution is 0.0259. The molecule has 28 heavy (non-hydrogen) atoms. The zero-order chi connectivity index (χ0) is 19.5. The number of benzene rings is 1. The van der Waals surface area contributed by atoms with Gasteiger partial charge in [0.2, 0.25) is 0 Å². The fourth-order valence-corrected chi connectivity index (χ4v) is 4.85. The average molecular weight is 391 g/mol. The number of carbonyl (C=O) groups is 1.